The highest BCUT2D eigenvalue weighted by Crippen LogP contribution is 2.13. The van der Waals surface area contributed by atoms with Crippen LogP contribution < -0.4 is 0 Å². The Bertz CT molecular complexity index is 679. The van der Waals surface area contributed by atoms with Crippen LogP contribution in [0.25, 0.3) is 0 Å². The van der Waals surface area contributed by atoms with Gasteiger partial charge in [0.2, 0.25) is 0 Å². The number of guanidine groups is 1. The van der Waals surface area contributed by atoms with Gasteiger partial charge in [-0.15, -0.1) is 0 Å². The summed E-state index contributed by atoms with van der Waals surface area (Å²) in [7, 11) is 1.40. The van der Waals surface area contributed by atoms with E-state index in [0.717, 1.165) is 5.56 Å². The molecule has 0 aromatic heterocycles. The first-order valence-electron chi connectivity index (χ1n) is 8.59. The summed E-state index contributed by atoms with van der Waals surface area (Å²) in [5.41, 5.74) is 0.932. The van der Waals surface area contributed by atoms with Gasteiger partial charge in [0.05, 0.1) is 13.0 Å². The Labute approximate surface area is 158 Å². The average Bonchev–Trinajstić information content (AvgIpc) is 2.64. The van der Waals surface area contributed by atoms with Gasteiger partial charge < -0.3 is 9.57 Å². The van der Waals surface area contributed by atoms with Gasteiger partial charge in [-0.3, -0.25) is 4.84 Å². The van der Waals surface area contributed by atoms with Crippen molar-refractivity contribution in [3.8, 4) is 0 Å². The SMILES string of the molecule is CCOC(=O)N(OC(=O)CCc1ccccc1)C(=N)[N+](C)(CC)OC(C)=O. The second-order valence-electron chi connectivity index (χ2n) is 5.77. The van der Waals surface area contributed by atoms with E-state index in [0.29, 0.717) is 11.5 Å². The summed E-state index contributed by atoms with van der Waals surface area (Å²) in [6, 6.07) is 9.30. The van der Waals surface area contributed by atoms with Crippen LogP contribution in [0.1, 0.15) is 32.8 Å². The zero-order chi connectivity index (χ0) is 20.4. The minimum Gasteiger partial charge on any atom is -0.447 e. The smallest absolute Gasteiger partial charge is 0.447 e. The lowest BCUT2D eigenvalue weighted by Gasteiger charge is -2.31. The van der Waals surface area contributed by atoms with Crippen LogP contribution in [0, 0.1) is 5.41 Å². The summed E-state index contributed by atoms with van der Waals surface area (Å²) in [5.74, 6) is -1.93. The number of nitrogens with zero attached hydrogens (tertiary/aromatic N) is 2. The molecule has 0 radical (unpaired) electrons. The van der Waals surface area contributed by atoms with Gasteiger partial charge in [-0.1, -0.05) is 35.0 Å². The van der Waals surface area contributed by atoms with E-state index >= 15 is 0 Å². The summed E-state index contributed by atoms with van der Waals surface area (Å²) < 4.78 is 4.16. The Hall–Kier alpha value is -2.94. The molecule has 0 aliphatic rings. The lowest BCUT2D eigenvalue weighted by Crippen LogP contribution is -2.58. The van der Waals surface area contributed by atoms with E-state index in [1.54, 1.807) is 13.8 Å². The van der Waals surface area contributed by atoms with E-state index in [-0.39, 0.29) is 19.6 Å². The van der Waals surface area contributed by atoms with Crippen LogP contribution in [-0.4, -0.2) is 53.9 Å². The van der Waals surface area contributed by atoms with Crippen molar-refractivity contribution in [3.05, 3.63) is 35.9 Å². The minimum absolute atomic E-state index is 0.00337. The number of nitrogens with one attached hydrogen (secondary N) is 1. The van der Waals surface area contributed by atoms with Gasteiger partial charge in [0.1, 0.15) is 13.6 Å². The van der Waals surface area contributed by atoms with Crippen LogP contribution in [0.3, 0.4) is 0 Å². The van der Waals surface area contributed by atoms with Crippen LogP contribution in [-0.2, 0) is 30.4 Å². The highest BCUT2D eigenvalue weighted by molar-refractivity contribution is 5.89. The quantitative estimate of drug-likeness (QED) is 0.364. The summed E-state index contributed by atoms with van der Waals surface area (Å²) in [5, 5.41) is 8.65. The van der Waals surface area contributed by atoms with Gasteiger partial charge in [0, 0.05) is 6.92 Å². The van der Waals surface area contributed by atoms with Crippen LogP contribution in [0.2, 0.25) is 0 Å². The molecular formula is C18H26N3O6+. The number of amides is 1. The minimum atomic E-state index is -1.04. The molecule has 1 atom stereocenters. The molecule has 0 bridgehead atoms. The van der Waals surface area contributed by atoms with E-state index in [4.69, 9.17) is 19.8 Å². The molecule has 27 heavy (non-hydrogen) atoms. The van der Waals surface area contributed by atoms with Crippen LogP contribution >= 0.6 is 0 Å². The molecule has 9 nitrogen and oxygen atoms in total. The van der Waals surface area contributed by atoms with E-state index in [1.807, 2.05) is 30.3 Å². The molecule has 1 rings (SSSR count). The zero-order valence-electron chi connectivity index (χ0n) is 16.1. The Balaban J connectivity index is 2.89. The van der Waals surface area contributed by atoms with Gasteiger partial charge in [0.25, 0.3) is 0 Å². The van der Waals surface area contributed by atoms with Crippen molar-refractivity contribution in [2.45, 2.75) is 33.6 Å². The van der Waals surface area contributed by atoms with Crippen molar-refractivity contribution in [1.82, 2.24) is 5.06 Å². The third-order valence-corrected chi connectivity index (χ3v) is 3.66. The molecule has 0 heterocycles. The molecule has 0 fully saturated rings. The number of carbonyl (C=O) groups excluding carboxylic acids is 3. The molecule has 1 unspecified atom stereocenters. The first kappa shape index (κ1) is 22.1. The topological polar surface area (TPSA) is 106 Å². The third kappa shape index (κ3) is 6.70. The Morgan fingerprint density at radius 2 is 1.78 bits per heavy atom. The predicted octanol–water partition coefficient (Wildman–Crippen LogP) is 2.42. The maximum Gasteiger partial charge on any atom is 0.454 e. The number of benzene rings is 1. The van der Waals surface area contributed by atoms with Gasteiger partial charge in [-0.2, -0.15) is 0 Å². The molecule has 148 valence electrons. The van der Waals surface area contributed by atoms with E-state index in [2.05, 4.69) is 0 Å². The first-order chi connectivity index (χ1) is 12.7. The van der Waals surface area contributed by atoms with Crippen molar-refractivity contribution in [2.75, 3.05) is 20.2 Å². The molecule has 1 aromatic rings. The van der Waals surface area contributed by atoms with Crippen molar-refractivity contribution < 1.29 is 33.4 Å². The molecule has 0 saturated carbocycles. The van der Waals surface area contributed by atoms with E-state index < -0.39 is 28.6 Å². The standard InChI is InChI=1S/C18H26N3O6/c1-5-21(4,27-14(3)22)17(19)20(18(24)25-6-2)26-16(23)13-12-15-10-8-7-9-11-15/h7-11,19H,5-6,12-13H2,1-4H3/q+1. The largest absolute Gasteiger partial charge is 0.454 e. The predicted molar refractivity (Wildman–Crippen MR) is 95.9 cm³/mol. The van der Waals surface area contributed by atoms with Crippen molar-refractivity contribution in [2.24, 2.45) is 0 Å². The first-order valence-corrected chi connectivity index (χ1v) is 8.59. The number of rotatable bonds is 5. The van der Waals surface area contributed by atoms with Crippen molar-refractivity contribution in [3.63, 3.8) is 0 Å². The molecule has 0 spiro atoms. The fraction of sp³-hybridized carbons (Fsp3) is 0.444. The van der Waals surface area contributed by atoms with Gasteiger partial charge in [0.15, 0.2) is 0 Å². The fourth-order valence-electron chi connectivity index (χ4n) is 2.12. The lowest BCUT2D eigenvalue weighted by atomic mass is 10.1. The van der Waals surface area contributed by atoms with Crippen LogP contribution in [0.5, 0.6) is 0 Å². The molecule has 0 saturated heterocycles. The fourth-order valence-corrected chi connectivity index (χ4v) is 2.12. The zero-order valence-corrected chi connectivity index (χ0v) is 16.1. The summed E-state index contributed by atoms with van der Waals surface area (Å²) in [4.78, 5) is 45.9. The van der Waals surface area contributed by atoms with Crippen molar-refractivity contribution in [1.29, 1.82) is 5.41 Å². The number of carbonyl (C=O) groups is 3. The summed E-state index contributed by atoms with van der Waals surface area (Å²) >= 11 is 0. The number of hydrogen-bond acceptors (Lipinski definition) is 7. The Kier molecular flexibility index (Phi) is 8.40. The molecule has 1 amide bonds. The monoisotopic (exact) mass is 380 g/mol. The normalized spacial score (nSPS) is 12.4. The molecule has 1 N–H and O–H groups in total. The van der Waals surface area contributed by atoms with E-state index in [1.165, 1.54) is 14.0 Å². The molecule has 1 aromatic carbocycles. The summed E-state index contributed by atoms with van der Waals surface area (Å²) in [6.07, 6.45) is -0.634. The Morgan fingerprint density at radius 1 is 1.15 bits per heavy atom. The number of aryl methyl sites for hydroxylation is 1. The Morgan fingerprint density at radius 3 is 2.30 bits per heavy atom. The molecule has 9 heteroatoms. The summed E-state index contributed by atoms with van der Waals surface area (Å²) in [6.45, 7) is 4.57. The number of quaternary nitrogens is 1. The number of hydroxylamine groups is 5. The average molecular weight is 380 g/mol. The number of ether oxygens (including phenoxy) is 1. The maximum atomic E-state index is 12.2. The van der Waals surface area contributed by atoms with E-state index in [9.17, 15) is 14.4 Å². The number of hydrogen-bond donors (Lipinski definition) is 1. The maximum absolute atomic E-state index is 12.2. The second-order valence-corrected chi connectivity index (χ2v) is 5.77. The third-order valence-electron chi connectivity index (χ3n) is 3.66. The highest BCUT2D eigenvalue weighted by Gasteiger charge is 2.42. The lowest BCUT2D eigenvalue weighted by molar-refractivity contribution is -1.01. The van der Waals surface area contributed by atoms with Crippen LogP contribution in [0.4, 0.5) is 4.79 Å². The molecule has 0 aliphatic heterocycles. The highest BCUT2D eigenvalue weighted by atomic mass is 16.8. The molecule has 0 aliphatic carbocycles. The van der Waals surface area contributed by atoms with Crippen molar-refractivity contribution >= 4 is 24.0 Å². The molecular weight excluding hydrogens is 354 g/mol. The second kappa shape index (κ2) is 10.3. The van der Waals surface area contributed by atoms with Crippen LogP contribution in [0.15, 0.2) is 30.3 Å². The van der Waals surface area contributed by atoms with Gasteiger partial charge in [-0.05, 0) is 30.9 Å². The van der Waals surface area contributed by atoms with Gasteiger partial charge in [-0.25, -0.2) is 19.8 Å². The van der Waals surface area contributed by atoms with Gasteiger partial charge >= 0.3 is 24.0 Å².